The molecule has 1 saturated heterocycles. The summed E-state index contributed by atoms with van der Waals surface area (Å²) in [7, 11) is 1.53. The largest absolute Gasteiger partial charge is 0.495 e. The van der Waals surface area contributed by atoms with Gasteiger partial charge in [-0.1, -0.05) is 12.1 Å². The molecule has 7 nitrogen and oxygen atoms in total. The standard InChI is InChI=1S/C17H23N5O2/c1-24-16-5-3-2-4-15(16)20-17(23)14(12-19)13-22-10-8-21(7-6-18)9-11-22/h2-5,13H,6-11,18H2,1H3,(H,20,23)/b14-13-. The molecule has 7 heteroatoms. The summed E-state index contributed by atoms with van der Waals surface area (Å²) in [5, 5.41) is 12.0. The Morgan fingerprint density at radius 2 is 2.08 bits per heavy atom. The molecule has 0 bridgehead atoms. The van der Waals surface area contributed by atoms with Crippen LogP contribution in [0.2, 0.25) is 0 Å². The minimum absolute atomic E-state index is 0.0770. The molecule has 0 unspecified atom stereocenters. The van der Waals surface area contributed by atoms with Gasteiger partial charge in [-0.15, -0.1) is 0 Å². The molecule has 3 N–H and O–H groups in total. The number of ether oxygens (including phenoxy) is 1. The van der Waals surface area contributed by atoms with Crippen molar-refractivity contribution >= 4 is 11.6 Å². The van der Waals surface area contributed by atoms with E-state index in [-0.39, 0.29) is 5.57 Å². The number of hydrogen-bond acceptors (Lipinski definition) is 6. The number of carbonyl (C=O) groups is 1. The summed E-state index contributed by atoms with van der Waals surface area (Å²) in [6, 6.07) is 9.07. The second kappa shape index (κ2) is 8.91. The number of benzene rings is 1. The van der Waals surface area contributed by atoms with Crippen molar-refractivity contribution in [3.05, 3.63) is 36.0 Å². The number of nitrogens with zero attached hydrogens (tertiary/aromatic N) is 3. The topological polar surface area (TPSA) is 94.6 Å². The molecule has 1 aliphatic heterocycles. The Morgan fingerprint density at radius 3 is 2.71 bits per heavy atom. The van der Waals surface area contributed by atoms with Crippen molar-refractivity contribution in [1.82, 2.24) is 9.80 Å². The first-order valence-electron chi connectivity index (χ1n) is 7.90. The molecule has 2 rings (SSSR count). The molecule has 0 atom stereocenters. The third-order valence-corrected chi connectivity index (χ3v) is 3.88. The van der Waals surface area contributed by atoms with Crippen LogP contribution in [-0.4, -0.2) is 62.1 Å². The first kappa shape index (κ1) is 17.8. The van der Waals surface area contributed by atoms with Gasteiger partial charge in [-0.25, -0.2) is 0 Å². The maximum atomic E-state index is 12.3. The van der Waals surface area contributed by atoms with Gasteiger partial charge in [0.25, 0.3) is 5.91 Å². The molecule has 128 valence electrons. The summed E-state index contributed by atoms with van der Waals surface area (Å²) in [5.74, 6) is 0.116. The molecule has 0 radical (unpaired) electrons. The third kappa shape index (κ3) is 4.72. The van der Waals surface area contributed by atoms with Gasteiger partial charge in [-0.2, -0.15) is 5.26 Å². The van der Waals surface area contributed by atoms with Crippen LogP contribution >= 0.6 is 0 Å². The third-order valence-electron chi connectivity index (χ3n) is 3.88. The Bertz CT molecular complexity index is 630. The van der Waals surface area contributed by atoms with Crippen LogP contribution < -0.4 is 15.8 Å². The van der Waals surface area contributed by atoms with Crippen LogP contribution in [0.1, 0.15) is 0 Å². The highest BCUT2D eigenvalue weighted by atomic mass is 16.5. The minimum atomic E-state index is -0.439. The number of anilines is 1. The van der Waals surface area contributed by atoms with Gasteiger partial charge < -0.3 is 20.7 Å². The van der Waals surface area contributed by atoms with Gasteiger partial charge in [0.05, 0.1) is 12.8 Å². The monoisotopic (exact) mass is 329 g/mol. The molecule has 1 fully saturated rings. The van der Waals surface area contributed by atoms with E-state index in [1.165, 1.54) is 7.11 Å². The summed E-state index contributed by atoms with van der Waals surface area (Å²) in [5.41, 5.74) is 6.18. The lowest BCUT2D eigenvalue weighted by atomic mass is 10.2. The number of nitrogens with one attached hydrogen (secondary N) is 1. The van der Waals surface area contributed by atoms with Crippen molar-refractivity contribution < 1.29 is 9.53 Å². The first-order valence-corrected chi connectivity index (χ1v) is 7.90. The van der Waals surface area contributed by atoms with E-state index in [2.05, 4.69) is 10.2 Å². The zero-order valence-corrected chi connectivity index (χ0v) is 13.9. The average Bonchev–Trinajstić information content (AvgIpc) is 2.61. The number of carbonyl (C=O) groups excluding carboxylic acids is 1. The van der Waals surface area contributed by atoms with Gasteiger partial charge in [0.15, 0.2) is 0 Å². The number of nitrogens with two attached hydrogens (primary N) is 1. The minimum Gasteiger partial charge on any atom is -0.495 e. The first-order chi connectivity index (χ1) is 11.7. The van der Waals surface area contributed by atoms with Gasteiger partial charge >= 0.3 is 0 Å². The van der Waals surface area contributed by atoms with Crippen LogP contribution in [0.4, 0.5) is 5.69 Å². The molecule has 0 saturated carbocycles. The number of hydrogen-bond donors (Lipinski definition) is 2. The van der Waals surface area contributed by atoms with Crippen LogP contribution in [0.5, 0.6) is 5.75 Å². The van der Waals surface area contributed by atoms with Crippen molar-refractivity contribution in [3.8, 4) is 11.8 Å². The Balaban J connectivity index is 2.00. The zero-order valence-electron chi connectivity index (χ0n) is 13.9. The molecule has 0 aliphatic carbocycles. The summed E-state index contributed by atoms with van der Waals surface area (Å²) >= 11 is 0. The zero-order chi connectivity index (χ0) is 17.4. The molecule has 0 aromatic heterocycles. The predicted octanol–water partition coefficient (Wildman–Crippen LogP) is 0.617. The highest BCUT2D eigenvalue weighted by Gasteiger charge is 2.17. The fraction of sp³-hybridized carbons (Fsp3) is 0.412. The number of amides is 1. The summed E-state index contributed by atoms with van der Waals surface area (Å²) in [4.78, 5) is 16.6. The van der Waals surface area contributed by atoms with Gasteiger partial charge in [-0.05, 0) is 12.1 Å². The van der Waals surface area contributed by atoms with Gasteiger partial charge in [0.2, 0.25) is 0 Å². The highest BCUT2D eigenvalue weighted by Crippen LogP contribution is 2.23. The van der Waals surface area contributed by atoms with E-state index >= 15 is 0 Å². The van der Waals surface area contributed by atoms with Crippen molar-refractivity contribution in [2.24, 2.45) is 5.73 Å². The van der Waals surface area contributed by atoms with Gasteiger partial charge in [0, 0.05) is 45.5 Å². The van der Waals surface area contributed by atoms with E-state index in [9.17, 15) is 10.1 Å². The summed E-state index contributed by atoms with van der Waals surface area (Å²) in [6.07, 6.45) is 1.63. The smallest absolute Gasteiger partial charge is 0.267 e. The van der Waals surface area contributed by atoms with Crippen molar-refractivity contribution in [1.29, 1.82) is 5.26 Å². The van der Waals surface area contributed by atoms with Crippen LogP contribution in [0.3, 0.4) is 0 Å². The highest BCUT2D eigenvalue weighted by molar-refractivity contribution is 6.07. The Hall–Kier alpha value is -2.56. The number of piperazine rings is 1. The van der Waals surface area contributed by atoms with E-state index in [0.29, 0.717) is 18.0 Å². The summed E-state index contributed by atoms with van der Waals surface area (Å²) < 4.78 is 5.20. The number of para-hydroxylation sites is 2. The number of rotatable bonds is 6. The van der Waals surface area contributed by atoms with E-state index in [0.717, 1.165) is 32.7 Å². The SMILES string of the molecule is COc1ccccc1NC(=O)/C(C#N)=C\N1CCN(CCN)CC1. The van der Waals surface area contributed by atoms with E-state index in [1.807, 2.05) is 17.0 Å². The Labute approximate surface area is 142 Å². The molecular weight excluding hydrogens is 306 g/mol. The normalized spacial score (nSPS) is 15.7. The fourth-order valence-corrected chi connectivity index (χ4v) is 2.56. The van der Waals surface area contributed by atoms with Crippen LogP contribution in [0, 0.1) is 11.3 Å². The Kier molecular flexibility index (Phi) is 6.61. The van der Waals surface area contributed by atoms with Crippen LogP contribution in [-0.2, 0) is 4.79 Å². The van der Waals surface area contributed by atoms with E-state index in [4.69, 9.17) is 10.5 Å². The maximum Gasteiger partial charge on any atom is 0.267 e. The lowest BCUT2D eigenvalue weighted by molar-refractivity contribution is -0.112. The average molecular weight is 329 g/mol. The van der Waals surface area contributed by atoms with Crippen LogP contribution in [0.25, 0.3) is 0 Å². The van der Waals surface area contributed by atoms with Crippen molar-refractivity contribution in [2.75, 3.05) is 51.7 Å². The molecule has 1 aliphatic rings. The maximum absolute atomic E-state index is 12.3. The number of methoxy groups -OCH3 is 1. The fourth-order valence-electron chi connectivity index (χ4n) is 2.56. The predicted molar refractivity (Wildman–Crippen MR) is 92.4 cm³/mol. The molecule has 1 aromatic carbocycles. The molecule has 0 spiro atoms. The molecule has 1 heterocycles. The van der Waals surface area contributed by atoms with Gasteiger partial charge in [0.1, 0.15) is 17.4 Å². The van der Waals surface area contributed by atoms with Crippen molar-refractivity contribution in [3.63, 3.8) is 0 Å². The molecule has 24 heavy (non-hydrogen) atoms. The summed E-state index contributed by atoms with van der Waals surface area (Å²) in [6.45, 7) is 4.80. The van der Waals surface area contributed by atoms with Crippen LogP contribution in [0.15, 0.2) is 36.0 Å². The molecular formula is C17H23N5O2. The quantitative estimate of drug-likeness (QED) is 0.587. The number of nitriles is 1. The second-order valence-electron chi connectivity index (χ2n) is 5.48. The van der Waals surface area contributed by atoms with Gasteiger partial charge in [-0.3, -0.25) is 9.69 Å². The van der Waals surface area contributed by atoms with E-state index < -0.39 is 5.91 Å². The van der Waals surface area contributed by atoms with E-state index in [1.54, 1.807) is 24.4 Å². The molecule has 1 aromatic rings. The second-order valence-corrected chi connectivity index (χ2v) is 5.48. The Morgan fingerprint density at radius 1 is 1.38 bits per heavy atom. The lowest BCUT2D eigenvalue weighted by Crippen LogP contribution is -2.45. The molecule has 1 amide bonds. The lowest BCUT2D eigenvalue weighted by Gasteiger charge is -2.33. The van der Waals surface area contributed by atoms with Crippen molar-refractivity contribution in [2.45, 2.75) is 0 Å².